The summed E-state index contributed by atoms with van der Waals surface area (Å²) in [5.41, 5.74) is 9.09. The minimum atomic E-state index is 0.383. The topological polar surface area (TPSA) is 18.5 Å². The summed E-state index contributed by atoms with van der Waals surface area (Å²) in [7, 11) is 0. The van der Waals surface area contributed by atoms with Crippen LogP contribution in [0.25, 0.3) is 0 Å². The number of ether oxygens (including phenoxy) is 2. The van der Waals surface area contributed by atoms with E-state index in [-0.39, 0.29) is 0 Å². The maximum absolute atomic E-state index is 6.13. The summed E-state index contributed by atoms with van der Waals surface area (Å²) in [5, 5.41) is 0. The molecule has 4 aliphatic heterocycles. The monoisotopic (exact) mass is 242 g/mol. The van der Waals surface area contributed by atoms with Gasteiger partial charge in [0.2, 0.25) is 0 Å². The van der Waals surface area contributed by atoms with Crippen molar-refractivity contribution in [1.29, 1.82) is 0 Å². The first kappa shape index (κ1) is 9.99. The highest BCUT2D eigenvalue weighted by Crippen LogP contribution is 2.60. The first-order valence-electron chi connectivity index (χ1n) is 7.23. The van der Waals surface area contributed by atoms with Crippen molar-refractivity contribution in [2.45, 2.75) is 63.9 Å². The molecular weight excluding hydrogens is 224 g/mol. The van der Waals surface area contributed by atoms with E-state index in [1.165, 1.54) is 59.1 Å². The van der Waals surface area contributed by atoms with E-state index in [0.717, 1.165) is 0 Å². The fraction of sp³-hybridized carbons (Fsp3) is 0.625. The van der Waals surface area contributed by atoms with Gasteiger partial charge in [0.15, 0.2) is 0 Å². The van der Waals surface area contributed by atoms with Crippen molar-refractivity contribution in [3.63, 3.8) is 0 Å². The Morgan fingerprint density at radius 3 is 1.17 bits per heavy atom. The average molecular weight is 242 g/mol. The minimum absolute atomic E-state index is 0.383. The summed E-state index contributed by atoms with van der Waals surface area (Å²) in [6, 6.07) is 0. The number of hydrogen-bond acceptors (Lipinski definition) is 2. The molecule has 4 heterocycles. The van der Waals surface area contributed by atoms with Crippen molar-refractivity contribution in [3.05, 3.63) is 33.4 Å². The van der Waals surface area contributed by atoms with Crippen molar-refractivity contribution >= 4 is 0 Å². The predicted octanol–water partition coefficient (Wildman–Crippen LogP) is 4.12. The number of benzene rings is 1. The number of rotatable bonds is 0. The largest absolute Gasteiger partial charge is 0.366 e. The molecule has 4 bridgehead atoms. The van der Waals surface area contributed by atoms with Gasteiger partial charge in [-0.3, -0.25) is 0 Å². The summed E-state index contributed by atoms with van der Waals surface area (Å²) in [5.74, 6) is 0. The van der Waals surface area contributed by atoms with Crippen LogP contribution in [0, 0.1) is 13.8 Å². The fourth-order valence-electron chi connectivity index (χ4n) is 4.88. The van der Waals surface area contributed by atoms with Gasteiger partial charge in [-0.15, -0.1) is 0 Å². The third-order valence-electron chi connectivity index (χ3n) is 5.52. The molecule has 5 rings (SSSR count). The predicted molar refractivity (Wildman–Crippen MR) is 67.5 cm³/mol. The SMILES string of the molecule is Cc1c2c(c(C)c3c1[C@H]1CC[C@H]3O1)[C@@H]1CC[C@@H]2O1. The Morgan fingerprint density at radius 2 is 0.889 bits per heavy atom. The van der Waals surface area contributed by atoms with Crippen LogP contribution in [0.3, 0.4) is 0 Å². The van der Waals surface area contributed by atoms with Gasteiger partial charge in [-0.05, 0) is 72.9 Å². The Hall–Kier alpha value is -0.860. The van der Waals surface area contributed by atoms with Gasteiger partial charge in [0.05, 0.1) is 24.4 Å². The lowest BCUT2D eigenvalue weighted by Crippen LogP contribution is -2.11. The van der Waals surface area contributed by atoms with Crippen LogP contribution in [0.4, 0.5) is 0 Å². The zero-order valence-electron chi connectivity index (χ0n) is 11.0. The molecule has 0 radical (unpaired) electrons. The minimum Gasteiger partial charge on any atom is -0.366 e. The highest BCUT2D eigenvalue weighted by molar-refractivity contribution is 5.58. The van der Waals surface area contributed by atoms with Gasteiger partial charge in [-0.25, -0.2) is 0 Å². The average Bonchev–Trinajstić information content (AvgIpc) is 3.10. The quantitative estimate of drug-likeness (QED) is 0.681. The lowest BCUT2D eigenvalue weighted by atomic mass is 9.76. The maximum Gasteiger partial charge on any atom is 0.0840 e. The molecule has 1 aromatic rings. The lowest BCUT2D eigenvalue weighted by Gasteiger charge is -2.24. The first-order valence-corrected chi connectivity index (χ1v) is 7.23. The van der Waals surface area contributed by atoms with Crippen LogP contribution < -0.4 is 0 Å². The Morgan fingerprint density at radius 1 is 0.611 bits per heavy atom. The second-order valence-electron chi connectivity index (χ2n) is 6.29. The Balaban J connectivity index is 1.87. The van der Waals surface area contributed by atoms with Crippen LogP contribution >= 0.6 is 0 Å². The van der Waals surface area contributed by atoms with Gasteiger partial charge < -0.3 is 9.47 Å². The second kappa shape index (κ2) is 3.00. The molecule has 0 aliphatic carbocycles. The number of fused-ring (bicyclic) bond motifs is 10. The summed E-state index contributed by atoms with van der Waals surface area (Å²) in [6.07, 6.45) is 6.39. The highest BCUT2D eigenvalue weighted by Gasteiger charge is 2.47. The van der Waals surface area contributed by atoms with Crippen LogP contribution in [-0.4, -0.2) is 0 Å². The highest BCUT2D eigenvalue weighted by atomic mass is 16.5. The molecule has 4 aliphatic rings. The van der Waals surface area contributed by atoms with E-state index in [4.69, 9.17) is 9.47 Å². The van der Waals surface area contributed by atoms with E-state index < -0.39 is 0 Å². The molecule has 4 atom stereocenters. The van der Waals surface area contributed by atoms with Crippen molar-refractivity contribution in [2.75, 3.05) is 0 Å². The first-order chi connectivity index (χ1) is 8.75. The molecule has 2 heteroatoms. The van der Waals surface area contributed by atoms with Crippen LogP contribution in [0.1, 0.15) is 83.5 Å². The Labute approximate surface area is 107 Å². The zero-order chi connectivity index (χ0) is 12.0. The van der Waals surface area contributed by atoms with E-state index in [0.29, 0.717) is 24.4 Å². The van der Waals surface area contributed by atoms with E-state index in [1.54, 1.807) is 0 Å². The summed E-state index contributed by atoms with van der Waals surface area (Å²) >= 11 is 0. The third kappa shape index (κ3) is 0.927. The molecule has 2 fully saturated rings. The number of hydrogen-bond donors (Lipinski definition) is 0. The fourth-order valence-corrected chi connectivity index (χ4v) is 4.88. The maximum atomic E-state index is 6.13. The molecule has 18 heavy (non-hydrogen) atoms. The van der Waals surface area contributed by atoms with Gasteiger partial charge in [0.1, 0.15) is 0 Å². The van der Waals surface area contributed by atoms with E-state index in [9.17, 15) is 0 Å². The van der Waals surface area contributed by atoms with Crippen molar-refractivity contribution in [3.8, 4) is 0 Å². The summed E-state index contributed by atoms with van der Waals surface area (Å²) in [4.78, 5) is 0. The van der Waals surface area contributed by atoms with Crippen molar-refractivity contribution in [1.82, 2.24) is 0 Å². The molecule has 94 valence electrons. The molecule has 0 saturated carbocycles. The molecule has 0 N–H and O–H groups in total. The molecule has 0 unspecified atom stereocenters. The molecule has 0 aromatic heterocycles. The van der Waals surface area contributed by atoms with Gasteiger partial charge in [-0.2, -0.15) is 0 Å². The molecule has 0 spiro atoms. The van der Waals surface area contributed by atoms with Crippen LogP contribution in [-0.2, 0) is 9.47 Å². The molecule has 0 amide bonds. The van der Waals surface area contributed by atoms with Gasteiger partial charge >= 0.3 is 0 Å². The van der Waals surface area contributed by atoms with E-state index >= 15 is 0 Å². The molecule has 2 saturated heterocycles. The van der Waals surface area contributed by atoms with Gasteiger partial charge in [0.25, 0.3) is 0 Å². The van der Waals surface area contributed by atoms with Crippen LogP contribution in [0.5, 0.6) is 0 Å². The smallest absolute Gasteiger partial charge is 0.0840 e. The summed E-state index contributed by atoms with van der Waals surface area (Å²) in [6.45, 7) is 4.59. The lowest BCUT2D eigenvalue weighted by molar-refractivity contribution is 0.0671. The second-order valence-corrected chi connectivity index (χ2v) is 6.29. The Kier molecular flexibility index (Phi) is 1.66. The summed E-state index contributed by atoms with van der Waals surface area (Å²) < 4.78 is 12.3. The molecular formula is C16H18O2. The normalized spacial score (nSPS) is 38.3. The van der Waals surface area contributed by atoms with Crippen LogP contribution in [0.2, 0.25) is 0 Å². The van der Waals surface area contributed by atoms with Gasteiger partial charge in [-0.1, -0.05) is 0 Å². The standard InChI is InChI=1S/C16H18O2/c1-7-13-9-3-5-11(17-9)15(13)8(2)16-12-6-4-10(18-12)14(7)16/h9-12H,3-6H2,1-2H3/t9-,10+,11-,12+. The van der Waals surface area contributed by atoms with Gasteiger partial charge in [0, 0.05) is 0 Å². The van der Waals surface area contributed by atoms with Crippen molar-refractivity contribution in [2.24, 2.45) is 0 Å². The molecule has 1 aromatic carbocycles. The van der Waals surface area contributed by atoms with Crippen molar-refractivity contribution < 1.29 is 9.47 Å². The Bertz CT molecular complexity index is 479. The third-order valence-corrected chi connectivity index (χ3v) is 5.52. The van der Waals surface area contributed by atoms with Crippen LogP contribution in [0.15, 0.2) is 0 Å². The van der Waals surface area contributed by atoms with E-state index in [1.807, 2.05) is 0 Å². The van der Waals surface area contributed by atoms with E-state index in [2.05, 4.69) is 13.8 Å². The molecule has 2 nitrogen and oxygen atoms in total. The zero-order valence-corrected chi connectivity index (χ0v) is 11.0.